The van der Waals surface area contributed by atoms with Crippen molar-refractivity contribution in [3.63, 3.8) is 0 Å². The summed E-state index contributed by atoms with van der Waals surface area (Å²) in [5, 5.41) is 0.638. The highest BCUT2D eigenvalue weighted by atomic mass is 35.5. The molecule has 2 atom stereocenters. The molecule has 0 saturated carbocycles. The Bertz CT molecular complexity index is 597. The summed E-state index contributed by atoms with van der Waals surface area (Å²) in [6.07, 6.45) is 0. The van der Waals surface area contributed by atoms with Crippen molar-refractivity contribution in [1.29, 1.82) is 0 Å². The van der Waals surface area contributed by atoms with Crippen molar-refractivity contribution in [3.05, 3.63) is 53.1 Å². The Kier molecular flexibility index (Phi) is 3.21. The molecule has 0 spiro atoms. The molecular formula is C16H16ClNO. The van der Waals surface area contributed by atoms with Crippen molar-refractivity contribution < 1.29 is 4.74 Å². The van der Waals surface area contributed by atoms with Gasteiger partial charge in [0.1, 0.15) is 5.75 Å². The van der Waals surface area contributed by atoms with Gasteiger partial charge in [-0.3, -0.25) is 0 Å². The van der Waals surface area contributed by atoms with E-state index in [1.165, 1.54) is 0 Å². The van der Waals surface area contributed by atoms with E-state index in [9.17, 15) is 0 Å². The van der Waals surface area contributed by atoms with Crippen molar-refractivity contribution in [1.82, 2.24) is 0 Å². The largest absolute Gasteiger partial charge is 0.491 e. The molecule has 2 aromatic rings. The lowest BCUT2D eigenvalue weighted by molar-refractivity contribution is 0.207. The van der Waals surface area contributed by atoms with E-state index in [1.807, 2.05) is 24.3 Å². The first-order valence-corrected chi connectivity index (χ1v) is 6.82. The van der Waals surface area contributed by atoms with Gasteiger partial charge in [0.25, 0.3) is 0 Å². The number of nitrogens with two attached hydrogens (primary N) is 1. The molecule has 1 aliphatic heterocycles. The molecule has 0 aromatic heterocycles. The van der Waals surface area contributed by atoms with E-state index in [1.54, 1.807) is 0 Å². The van der Waals surface area contributed by atoms with E-state index < -0.39 is 0 Å². The average molecular weight is 274 g/mol. The highest BCUT2D eigenvalue weighted by Gasteiger charge is 2.27. The Morgan fingerprint density at radius 2 is 1.89 bits per heavy atom. The zero-order valence-electron chi connectivity index (χ0n) is 10.8. The second kappa shape index (κ2) is 4.87. The van der Waals surface area contributed by atoms with Gasteiger partial charge < -0.3 is 10.5 Å². The molecule has 2 nitrogen and oxygen atoms in total. The van der Waals surface area contributed by atoms with Crippen molar-refractivity contribution >= 4 is 11.6 Å². The lowest BCUT2D eigenvalue weighted by Crippen LogP contribution is -2.29. The smallest absolute Gasteiger partial charge is 0.142 e. The Morgan fingerprint density at radius 1 is 1.16 bits per heavy atom. The molecule has 1 aliphatic rings. The SMILES string of the molecule is CC1COc2c(Cl)cc(-c3ccccc3)cc2C1N. The van der Waals surface area contributed by atoms with Crippen molar-refractivity contribution in [2.24, 2.45) is 11.7 Å². The van der Waals surface area contributed by atoms with Crippen LogP contribution in [0.15, 0.2) is 42.5 Å². The van der Waals surface area contributed by atoms with Gasteiger partial charge in [-0.05, 0) is 23.3 Å². The van der Waals surface area contributed by atoms with Crippen LogP contribution < -0.4 is 10.5 Å². The molecule has 0 fully saturated rings. The minimum Gasteiger partial charge on any atom is -0.491 e. The number of hydrogen-bond acceptors (Lipinski definition) is 2. The Labute approximate surface area is 118 Å². The first-order chi connectivity index (χ1) is 9.16. The molecule has 0 bridgehead atoms. The topological polar surface area (TPSA) is 35.2 Å². The summed E-state index contributed by atoms with van der Waals surface area (Å²) in [5.41, 5.74) is 9.49. The molecule has 3 heteroatoms. The minimum absolute atomic E-state index is 0.0232. The monoisotopic (exact) mass is 273 g/mol. The molecule has 0 amide bonds. The molecule has 98 valence electrons. The normalized spacial score (nSPS) is 21.6. The first kappa shape index (κ1) is 12.5. The summed E-state index contributed by atoms with van der Waals surface area (Å²) in [4.78, 5) is 0. The molecule has 2 aromatic carbocycles. The Hall–Kier alpha value is -1.51. The third kappa shape index (κ3) is 2.22. The summed E-state index contributed by atoms with van der Waals surface area (Å²) in [6.45, 7) is 2.72. The van der Waals surface area contributed by atoms with Gasteiger partial charge in [0.15, 0.2) is 0 Å². The number of benzene rings is 2. The summed E-state index contributed by atoms with van der Waals surface area (Å²) >= 11 is 6.33. The van der Waals surface area contributed by atoms with E-state index >= 15 is 0 Å². The average Bonchev–Trinajstić information content (AvgIpc) is 2.44. The van der Waals surface area contributed by atoms with Crippen LogP contribution in [0.2, 0.25) is 5.02 Å². The molecule has 3 rings (SSSR count). The second-order valence-corrected chi connectivity index (χ2v) is 5.46. The lowest BCUT2D eigenvalue weighted by Gasteiger charge is -2.30. The Balaban J connectivity index is 2.13. The predicted molar refractivity (Wildman–Crippen MR) is 78.5 cm³/mol. The van der Waals surface area contributed by atoms with Gasteiger partial charge in [-0.25, -0.2) is 0 Å². The molecule has 0 saturated heterocycles. The highest BCUT2D eigenvalue weighted by molar-refractivity contribution is 6.32. The fourth-order valence-corrected chi connectivity index (χ4v) is 2.72. The number of rotatable bonds is 1. The van der Waals surface area contributed by atoms with Gasteiger partial charge in [0.05, 0.1) is 11.6 Å². The van der Waals surface area contributed by atoms with E-state index in [0.29, 0.717) is 17.5 Å². The van der Waals surface area contributed by atoms with E-state index in [0.717, 1.165) is 22.4 Å². The fourth-order valence-electron chi connectivity index (χ4n) is 2.44. The Morgan fingerprint density at radius 3 is 2.63 bits per heavy atom. The molecule has 1 heterocycles. The molecular weight excluding hydrogens is 258 g/mol. The number of halogens is 1. The van der Waals surface area contributed by atoms with Crippen molar-refractivity contribution in [2.75, 3.05) is 6.61 Å². The van der Waals surface area contributed by atoms with Crippen LogP contribution in [-0.4, -0.2) is 6.61 Å². The van der Waals surface area contributed by atoms with Crippen LogP contribution >= 0.6 is 11.6 Å². The van der Waals surface area contributed by atoms with Crippen LogP contribution in [0.1, 0.15) is 18.5 Å². The van der Waals surface area contributed by atoms with Gasteiger partial charge in [-0.15, -0.1) is 0 Å². The molecule has 2 unspecified atom stereocenters. The summed E-state index contributed by atoms with van der Waals surface area (Å²) in [6, 6.07) is 14.2. The number of hydrogen-bond donors (Lipinski definition) is 1. The van der Waals surface area contributed by atoms with Crippen LogP contribution in [0, 0.1) is 5.92 Å². The third-order valence-corrected chi connectivity index (χ3v) is 3.92. The predicted octanol–water partition coefficient (Wildman–Crippen LogP) is 4.04. The van der Waals surface area contributed by atoms with Crippen molar-refractivity contribution in [2.45, 2.75) is 13.0 Å². The van der Waals surface area contributed by atoms with Gasteiger partial charge in [-0.1, -0.05) is 48.9 Å². The van der Waals surface area contributed by atoms with Crippen LogP contribution in [-0.2, 0) is 0 Å². The number of fused-ring (bicyclic) bond motifs is 1. The van der Waals surface area contributed by atoms with Gasteiger partial charge >= 0.3 is 0 Å². The van der Waals surface area contributed by atoms with Crippen molar-refractivity contribution in [3.8, 4) is 16.9 Å². The molecule has 0 radical (unpaired) electrons. The van der Waals surface area contributed by atoms with Crippen LogP contribution in [0.4, 0.5) is 0 Å². The second-order valence-electron chi connectivity index (χ2n) is 5.06. The van der Waals surface area contributed by atoms with Crippen LogP contribution in [0.5, 0.6) is 5.75 Å². The molecule has 0 aliphatic carbocycles. The highest BCUT2D eigenvalue weighted by Crippen LogP contribution is 2.41. The van der Waals surface area contributed by atoms with E-state index in [-0.39, 0.29) is 6.04 Å². The first-order valence-electron chi connectivity index (χ1n) is 6.44. The summed E-state index contributed by atoms with van der Waals surface area (Å²) < 4.78 is 5.72. The van der Waals surface area contributed by atoms with Gasteiger partial charge in [0, 0.05) is 17.5 Å². The van der Waals surface area contributed by atoms with Gasteiger partial charge in [-0.2, -0.15) is 0 Å². The zero-order valence-corrected chi connectivity index (χ0v) is 11.5. The molecule has 19 heavy (non-hydrogen) atoms. The van der Waals surface area contributed by atoms with Crippen LogP contribution in [0.3, 0.4) is 0 Å². The quantitative estimate of drug-likeness (QED) is 0.851. The summed E-state index contributed by atoms with van der Waals surface area (Å²) in [5.74, 6) is 1.04. The minimum atomic E-state index is -0.0232. The van der Waals surface area contributed by atoms with Gasteiger partial charge in [0.2, 0.25) is 0 Å². The van der Waals surface area contributed by atoms with E-state index in [2.05, 4.69) is 25.1 Å². The van der Waals surface area contributed by atoms with E-state index in [4.69, 9.17) is 22.1 Å². The fraction of sp³-hybridized carbons (Fsp3) is 0.250. The zero-order chi connectivity index (χ0) is 13.4. The maximum absolute atomic E-state index is 6.33. The standard InChI is InChI=1S/C16H16ClNO/c1-10-9-19-16-13(15(10)18)7-12(8-14(16)17)11-5-3-2-4-6-11/h2-8,10,15H,9,18H2,1H3. The summed E-state index contributed by atoms with van der Waals surface area (Å²) in [7, 11) is 0. The van der Waals surface area contributed by atoms with Crippen LogP contribution in [0.25, 0.3) is 11.1 Å². The maximum atomic E-state index is 6.33. The lowest BCUT2D eigenvalue weighted by atomic mass is 9.90. The third-order valence-electron chi connectivity index (χ3n) is 3.64. The molecule has 2 N–H and O–H groups in total. The maximum Gasteiger partial charge on any atom is 0.142 e. The number of ether oxygens (including phenoxy) is 1.